The summed E-state index contributed by atoms with van der Waals surface area (Å²) in [6, 6.07) is 12.9. The molecule has 0 bridgehead atoms. The van der Waals surface area contributed by atoms with Gasteiger partial charge in [0.25, 0.3) is 0 Å². The van der Waals surface area contributed by atoms with E-state index in [9.17, 15) is 9.18 Å². The zero-order valence-electron chi connectivity index (χ0n) is 16.4. The third kappa shape index (κ3) is 3.68. The van der Waals surface area contributed by atoms with Crippen molar-refractivity contribution in [3.05, 3.63) is 71.2 Å². The molecule has 146 valence electrons. The third-order valence-corrected chi connectivity index (χ3v) is 5.95. The van der Waals surface area contributed by atoms with Crippen LogP contribution in [0.15, 0.2) is 48.7 Å². The summed E-state index contributed by atoms with van der Waals surface area (Å²) >= 11 is 0. The number of carbonyl (C=O) groups excluding carboxylic acids is 1. The zero-order chi connectivity index (χ0) is 19.5. The summed E-state index contributed by atoms with van der Waals surface area (Å²) in [4.78, 5) is 18.5. The summed E-state index contributed by atoms with van der Waals surface area (Å²) in [5, 5.41) is 1.15. The van der Waals surface area contributed by atoms with E-state index >= 15 is 0 Å². The molecule has 1 aromatic heterocycles. The molecule has 1 fully saturated rings. The lowest BCUT2D eigenvalue weighted by atomic mass is 9.87. The number of nitrogens with one attached hydrogen (secondary N) is 1. The summed E-state index contributed by atoms with van der Waals surface area (Å²) in [7, 11) is 0. The van der Waals surface area contributed by atoms with Crippen molar-refractivity contribution in [2.45, 2.75) is 44.9 Å². The minimum Gasteiger partial charge on any atom is -0.361 e. The molecule has 1 N–H and O–H groups in total. The van der Waals surface area contributed by atoms with Gasteiger partial charge in [-0.25, -0.2) is 4.39 Å². The number of aromatic nitrogens is 1. The number of hydrogen-bond acceptors (Lipinski definition) is 1. The molecular weight excluding hydrogens is 351 g/mol. The Kier molecular flexibility index (Phi) is 5.47. The second-order valence-corrected chi connectivity index (χ2v) is 7.69. The monoisotopic (exact) mass is 378 g/mol. The number of carbonyl (C=O) groups is 1. The number of piperidine rings is 1. The van der Waals surface area contributed by atoms with Crippen molar-refractivity contribution in [3.8, 4) is 0 Å². The highest BCUT2D eigenvalue weighted by Crippen LogP contribution is 2.35. The highest BCUT2D eigenvalue weighted by Gasteiger charge is 2.25. The summed E-state index contributed by atoms with van der Waals surface area (Å²) in [5.74, 6) is -0.150. The van der Waals surface area contributed by atoms with Gasteiger partial charge in [-0.15, -0.1) is 0 Å². The van der Waals surface area contributed by atoms with Crippen molar-refractivity contribution >= 4 is 16.8 Å². The van der Waals surface area contributed by atoms with Crippen molar-refractivity contribution in [2.24, 2.45) is 0 Å². The van der Waals surface area contributed by atoms with Crippen LogP contribution < -0.4 is 0 Å². The molecule has 2 heterocycles. The summed E-state index contributed by atoms with van der Waals surface area (Å²) in [5.41, 5.74) is 4.50. The van der Waals surface area contributed by atoms with Crippen LogP contribution in [0.1, 0.15) is 55.2 Å². The van der Waals surface area contributed by atoms with E-state index in [1.165, 1.54) is 24.1 Å². The fourth-order valence-corrected chi connectivity index (χ4v) is 4.37. The maximum absolute atomic E-state index is 13.5. The van der Waals surface area contributed by atoms with E-state index in [2.05, 4.69) is 30.1 Å². The van der Waals surface area contributed by atoms with Crippen LogP contribution in [0, 0.1) is 5.82 Å². The molecule has 4 rings (SSSR count). The van der Waals surface area contributed by atoms with Crippen molar-refractivity contribution in [3.63, 3.8) is 0 Å². The number of halogens is 1. The van der Waals surface area contributed by atoms with Gasteiger partial charge in [-0.1, -0.05) is 37.3 Å². The van der Waals surface area contributed by atoms with Gasteiger partial charge in [-0.05, 0) is 54.5 Å². The molecule has 2 aromatic carbocycles. The molecule has 3 nitrogen and oxygen atoms in total. The summed E-state index contributed by atoms with van der Waals surface area (Å²) in [6.07, 6.45) is 6.76. The van der Waals surface area contributed by atoms with Gasteiger partial charge in [-0.3, -0.25) is 4.79 Å². The fraction of sp³-hybridized carbons (Fsp3) is 0.375. The Bertz CT molecular complexity index is 954. The van der Waals surface area contributed by atoms with Crippen LogP contribution in [0.25, 0.3) is 10.9 Å². The number of aryl methyl sites for hydroxylation is 1. The number of nitrogens with zero attached hydrogens (tertiary/aromatic N) is 1. The lowest BCUT2D eigenvalue weighted by Gasteiger charge is -2.28. The first-order valence-electron chi connectivity index (χ1n) is 10.3. The fourth-order valence-electron chi connectivity index (χ4n) is 4.37. The zero-order valence-corrected chi connectivity index (χ0v) is 16.4. The van der Waals surface area contributed by atoms with Crippen LogP contribution >= 0.6 is 0 Å². The number of hydrogen-bond donors (Lipinski definition) is 1. The van der Waals surface area contributed by atoms with Crippen LogP contribution in [-0.4, -0.2) is 28.9 Å². The predicted molar refractivity (Wildman–Crippen MR) is 111 cm³/mol. The van der Waals surface area contributed by atoms with Crippen LogP contribution in [0.3, 0.4) is 0 Å². The van der Waals surface area contributed by atoms with Crippen molar-refractivity contribution < 1.29 is 9.18 Å². The van der Waals surface area contributed by atoms with Gasteiger partial charge < -0.3 is 9.88 Å². The highest BCUT2D eigenvalue weighted by molar-refractivity contribution is 5.88. The Hall–Kier alpha value is -2.62. The Balaban J connectivity index is 1.73. The van der Waals surface area contributed by atoms with Gasteiger partial charge in [0.15, 0.2) is 0 Å². The SMILES string of the molecule is CCc1cccc2c(C(CC(=O)N3CCCCC3)c3ccc(F)cc3)c[nH]c12. The largest absolute Gasteiger partial charge is 0.361 e. The molecule has 0 saturated carbocycles. The maximum Gasteiger partial charge on any atom is 0.223 e. The van der Waals surface area contributed by atoms with E-state index in [4.69, 9.17) is 0 Å². The number of H-pyrrole nitrogens is 1. The first-order chi connectivity index (χ1) is 13.7. The second kappa shape index (κ2) is 8.17. The topological polar surface area (TPSA) is 36.1 Å². The average Bonchev–Trinajstić information content (AvgIpc) is 3.17. The lowest BCUT2D eigenvalue weighted by molar-refractivity contribution is -0.132. The molecule has 1 amide bonds. The highest BCUT2D eigenvalue weighted by atomic mass is 19.1. The second-order valence-electron chi connectivity index (χ2n) is 7.69. The van der Waals surface area contributed by atoms with Gasteiger partial charge >= 0.3 is 0 Å². The number of fused-ring (bicyclic) bond motifs is 1. The van der Waals surface area contributed by atoms with E-state index in [0.717, 1.165) is 54.4 Å². The standard InChI is InChI=1S/C24H27FN2O/c1-2-17-7-6-8-20-22(16-26-24(17)20)21(18-9-11-19(25)12-10-18)15-23(28)27-13-4-3-5-14-27/h6-12,16,21,26H,2-5,13-15H2,1H3. The summed E-state index contributed by atoms with van der Waals surface area (Å²) in [6.45, 7) is 3.85. The first kappa shape index (κ1) is 18.7. The van der Waals surface area contributed by atoms with Gasteiger partial charge in [0.1, 0.15) is 5.82 Å². The lowest BCUT2D eigenvalue weighted by Crippen LogP contribution is -2.36. The quantitative estimate of drug-likeness (QED) is 0.634. The first-order valence-corrected chi connectivity index (χ1v) is 10.3. The minimum absolute atomic E-state index is 0.0871. The Morgan fingerprint density at radius 3 is 2.57 bits per heavy atom. The van der Waals surface area contributed by atoms with Crippen LogP contribution in [0.2, 0.25) is 0 Å². The summed E-state index contributed by atoms with van der Waals surface area (Å²) < 4.78 is 13.5. The third-order valence-electron chi connectivity index (χ3n) is 5.95. The van der Waals surface area contributed by atoms with E-state index in [1.807, 2.05) is 23.2 Å². The Labute approximate surface area is 165 Å². The smallest absolute Gasteiger partial charge is 0.223 e. The molecule has 3 aromatic rings. The number of amides is 1. The van der Waals surface area contributed by atoms with Crippen LogP contribution in [0.4, 0.5) is 4.39 Å². The van der Waals surface area contributed by atoms with Gasteiger partial charge in [0.05, 0.1) is 0 Å². The molecular formula is C24H27FN2O. The molecule has 1 aliphatic rings. The van der Waals surface area contributed by atoms with E-state index < -0.39 is 0 Å². The number of para-hydroxylation sites is 1. The van der Waals surface area contributed by atoms with Crippen molar-refractivity contribution in [1.29, 1.82) is 0 Å². The predicted octanol–water partition coefficient (Wildman–Crippen LogP) is 5.40. The molecule has 1 aliphatic heterocycles. The van der Waals surface area contributed by atoms with Crippen LogP contribution in [0.5, 0.6) is 0 Å². The molecule has 1 unspecified atom stereocenters. The number of benzene rings is 2. The Morgan fingerprint density at radius 1 is 1.11 bits per heavy atom. The van der Waals surface area contributed by atoms with Gasteiger partial charge in [0.2, 0.25) is 5.91 Å². The van der Waals surface area contributed by atoms with E-state index in [-0.39, 0.29) is 17.6 Å². The average molecular weight is 378 g/mol. The molecule has 1 atom stereocenters. The van der Waals surface area contributed by atoms with Crippen molar-refractivity contribution in [1.82, 2.24) is 9.88 Å². The number of aromatic amines is 1. The number of rotatable bonds is 5. The molecule has 28 heavy (non-hydrogen) atoms. The number of likely N-dealkylation sites (tertiary alicyclic amines) is 1. The normalized spacial score (nSPS) is 15.7. The molecule has 4 heteroatoms. The van der Waals surface area contributed by atoms with Crippen molar-refractivity contribution in [2.75, 3.05) is 13.1 Å². The maximum atomic E-state index is 13.5. The van der Waals surface area contributed by atoms with Gasteiger partial charge in [0, 0.05) is 42.5 Å². The molecule has 0 radical (unpaired) electrons. The molecule has 0 spiro atoms. The van der Waals surface area contributed by atoms with Gasteiger partial charge in [-0.2, -0.15) is 0 Å². The minimum atomic E-state index is -0.253. The molecule has 1 saturated heterocycles. The Morgan fingerprint density at radius 2 is 1.86 bits per heavy atom. The van der Waals surface area contributed by atoms with E-state index in [1.54, 1.807) is 0 Å². The molecule has 0 aliphatic carbocycles. The van der Waals surface area contributed by atoms with E-state index in [0.29, 0.717) is 6.42 Å². The van der Waals surface area contributed by atoms with Crippen LogP contribution in [-0.2, 0) is 11.2 Å².